The zero-order chi connectivity index (χ0) is 13.1. The topological polar surface area (TPSA) is 60.9 Å². The molecule has 1 aliphatic heterocycles. The van der Waals surface area contributed by atoms with Gasteiger partial charge in [-0.2, -0.15) is 17.0 Å². The van der Waals surface area contributed by atoms with Gasteiger partial charge in [0.25, 0.3) is 10.2 Å². The number of aliphatic hydroxyl groups is 1. The van der Waals surface area contributed by atoms with E-state index in [1.807, 2.05) is 0 Å². The Balaban J connectivity index is 2.71. The fourth-order valence-corrected chi connectivity index (χ4v) is 3.69. The SMILES string of the molecule is CN(CC(C)(C)O)S(=O)(=O)N1CCCCCC1. The van der Waals surface area contributed by atoms with Crippen LogP contribution in [0.25, 0.3) is 0 Å². The van der Waals surface area contributed by atoms with Crippen LogP contribution in [0.4, 0.5) is 0 Å². The molecule has 1 fully saturated rings. The molecule has 17 heavy (non-hydrogen) atoms. The van der Waals surface area contributed by atoms with E-state index >= 15 is 0 Å². The van der Waals surface area contributed by atoms with Crippen molar-refractivity contribution in [3.05, 3.63) is 0 Å². The van der Waals surface area contributed by atoms with Crippen molar-refractivity contribution in [3.8, 4) is 0 Å². The lowest BCUT2D eigenvalue weighted by atomic mass is 10.1. The van der Waals surface area contributed by atoms with Crippen molar-refractivity contribution < 1.29 is 13.5 Å². The number of hydrogen-bond acceptors (Lipinski definition) is 3. The predicted molar refractivity (Wildman–Crippen MR) is 67.9 cm³/mol. The Morgan fingerprint density at radius 3 is 2.06 bits per heavy atom. The summed E-state index contributed by atoms with van der Waals surface area (Å²) in [6.45, 7) is 4.53. The lowest BCUT2D eigenvalue weighted by Gasteiger charge is -2.30. The molecule has 0 saturated carbocycles. The highest BCUT2D eigenvalue weighted by Gasteiger charge is 2.30. The van der Waals surface area contributed by atoms with Gasteiger partial charge in [-0.25, -0.2) is 0 Å². The van der Waals surface area contributed by atoms with E-state index in [0.717, 1.165) is 25.7 Å². The highest BCUT2D eigenvalue weighted by atomic mass is 32.2. The number of nitrogens with zero attached hydrogens (tertiary/aromatic N) is 2. The largest absolute Gasteiger partial charge is 0.389 e. The van der Waals surface area contributed by atoms with Gasteiger partial charge >= 0.3 is 0 Å². The van der Waals surface area contributed by atoms with Crippen LogP contribution in [0.3, 0.4) is 0 Å². The standard InChI is InChI=1S/C11H24N2O3S/c1-11(2,14)10-12(3)17(15,16)13-8-6-4-5-7-9-13/h14H,4-10H2,1-3H3. The second-order valence-corrected chi connectivity index (χ2v) is 7.42. The molecule has 0 aromatic carbocycles. The minimum absolute atomic E-state index is 0.117. The Morgan fingerprint density at radius 2 is 1.65 bits per heavy atom. The first kappa shape index (κ1) is 14.9. The summed E-state index contributed by atoms with van der Waals surface area (Å²) in [5.74, 6) is 0. The number of rotatable bonds is 4. The molecule has 1 saturated heterocycles. The van der Waals surface area contributed by atoms with Crippen molar-refractivity contribution >= 4 is 10.2 Å². The van der Waals surface area contributed by atoms with Crippen LogP contribution in [-0.2, 0) is 10.2 Å². The molecule has 1 N–H and O–H groups in total. The van der Waals surface area contributed by atoms with Crippen molar-refractivity contribution in [2.45, 2.75) is 45.1 Å². The minimum Gasteiger partial charge on any atom is -0.389 e. The van der Waals surface area contributed by atoms with Crippen LogP contribution >= 0.6 is 0 Å². The molecule has 0 spiro atoms. The summed E-state index contributed by atoms with van der Waals surface area (Å²) in [4.78, 5) is 0. The Labute approximate surface area is 105 Å². The van der Waals surface area contributed by atoms with Crippen LogP contribution in [0.1, 0.15) is 39.5 Å². The second kappa shape index (κ2) is 5.65. The van der Waals surface area contributed by atoms with Gasteiger partial charge in [-0.3, -0.25) is 0 Å². The van der Waals surface area contributed by atoms with Gasteiger partial charge < -0.3 is 5.11 Å². The smallest absolute Gasteiger partial charge is 0.281 e. The summed E-state index contributed by atoms with van der Waals surface area (Å²) in [7, 11) is -1.89. The molecule has 102 valence electrons. The average Bonchev–Trinajstić information content (AvgIpc) is 2.42. The van der Waals surface area contributed by atoms with Gasteiger partial charge in [0.2, 0.25) is 0 Å². The first-order chi connectivity index (χ1) is 7.73. The van der Waals surface area contributed by atoms with Gasteiger partial charge in [0, 0.05) is 26.7 Å². The lowest BCUT2D eigenvalue weighted by molar-refractivity contribution is 0.0625. The lowest BCUT2D eigenvalue weighted by Crippen LogP contribution is -2.47. The molecule has 0 aromatic rings. The molecule has 6 heteroatoms. The van der Waals surface area contributed by atoms with Crippen LogP contribution in [0.5, 0.6) is 0 Å². The van der Waals surface area contributed by atoms with Crippen LogP contribution < -0.4 is 0 Å². The van der Waals surface area contributed by atoms with Crippen molar-refractivity contribution in [1.29, 1.82) is 0 Å². The van der Waals surface area contributed by atoms with E-state index in [2.05, 4.69) is 0 Å². The van der Waals surface area contributed by atoms with Gasteiger partial charge in [-0.05, 0) is 26.7 Å². The molecule has 1 rings (SSSR count). The Hall–Kier alpha value is -0.170. The fourth-order valence-electron chi connectivity index (χ4n) is 2.10. The van der Waals surface area contributed by atoms with Crippen LogP contribution in [0.2, 0.25) is 0 Å². The predicted octanol–water partition coefficient (Wildman–Crippen LogP) is 0.810. The van der Waals surface area contributed by atoms with Gasteiger partial charge in [0.1, 0.15) is 0 Å². The maximum atomic E-state index is 12.3. The summed E-state index contributed by atoms with van der Waals surface area (Å²) in [6, 6.07) is 0. The van der Waals surface area contributed by atoms with Crippen molar-refractivity contribution in [3.63, 3.8) is 0 Å². The maximum Gasteiger partial charge on any atom is 0.281 e. The minimum atomic E-state index is -3.41. The van der Waals surface area contributed by atoms with E-state index in [1.54, 1.807) is 13.8 Å². The first-order valence-corrected chi connectivity index (χ1v) is 7.57. The van der Waals surface area contributed by atoms with E-state index in [-0.39, 0.29) is 6.54 Å². The van der Waals surface area contributed by atoms with Gasteiger partial charge in [0.15, 0.2) is 0 Å². The fraction of sp³-hybridized carbons (Fsp3) is 1.00. The third-order valence-corrected chi connectivity index (χ3v) is 4.83. The number of hydrogen-bond donors (Lipinski definition) is 1. The van der Waals surface area contributed by atoms with Crippen LogP contribution in [0, 0.1) is 0 Å². The molecule has 1 aliphatic rings. The molecule has 0 aliphatic carbocycles. The highest BCUT2D eigenvalue weighted by molar-refractivity contribution is 7.86. The van der Waals surface area contributed by atoms with Crippen molar-refractivity contribution in [2.24, 2.45) is 0 Å². The summed E-state index contributed by atoms with van der Waals surface area (Å²) >= 11 is 0. The molecule has 1 heterocycles. The normalized spacial score (nSPS) is 20.5. The second-order valence-electron chi connectivity index (χ2n) is 5.39. The highest BCUT2D eigenvalue weighted by Crippen LogP contribution is 2.17. The van der Waals surface area contributed by atoms with Crippen molar-refractivity contribution in [1.82, 2.24) is 8.61 Å². The van der Waals surface area contributed by atoms with Gasteiger partial charge in [-0.1, -0.05) is 12.8 Å². The van der Waals surface area contributed by atoms with Gasteiger partial charge in [0.05, 0.1) is 5.60 Å². The summed E-state index contributed by atoms with van der Waals surface area (Å²) < 4.78 is 27.3. The zero-order valence-corrected chi connectivity index (χ0v) is 11.8. The quantitative estimate of drug-likeness (QED) is 0.817. The van der Waals surface area contributed by atoms with Gasteiger partial charge in [-0.15, -0.1) is 0 Å². The Kier molecular flexibility index (Phi) is 4.95. The third-order valence-electron chi connectivity index (χ3n) is 2.89. The van der Waals surface area contributed by atoms with E-state index in [0.29, 0.717) is 13.1 Å². The number of likely N-dealkylation sites (N-methyl/N-ethyl adjacent to an activating group) is 1. The average molecular weight is 264 g/mol. The molecular formula is C11H24N2O3S. The summed E-state index contributed by atoms with van der Waals surface area (Å²) in [6.07, 6.45) is 4.05. The molecule has 5 nitrogen and oxygen atoms in total. The molecule has 0 unspecified atom stereocenters. The summed E-state index contributed by atoms with van der Waals surface area (Å²) in [5.41, 5.74) is -1.01. The third kappa shape index (κ3) is 4.54. The molecule has 0 bridgehead atoms. The molecular weight excluding hydrogens is 240 g/mol. The van der Waals surface area contributed by atoms with E-state index in [9.17, 15) is 13.5 Å². The van der Waals surface area contributed by atoms with Crippen LogP contribution in [0.15, 0.2) is 0 Å². The zero-order valence-electron chi connectivity index (χ0n) is 11.0. The monoisotopic (exact) mass is 264 g/mol. The summed E-state index contributed by atoms with van der Waals surface area (Å²) in [5, 5.41) is 9.68. The maximum absolute atomic E-state index is 12.3. The Morgan fingerprint density at radius 1 is 1.18 bits per heavy atom. The van der Waals surface area contributed by atoms with Crippen molar-refractivity contribution in [2.75, 3.05) is 26.7 Å². The van der Waals surface area contributed by atoms with E-state index in [4.69, 9.17) is 0 Å². The molecule has 0 aromatic heterocycles. The van der Waals surface area contributed by atoms with E-state index in [1.165, 1.54) is 15.7 Å². The molecule has 0 radical (unpaired) electrons. The molecule has 0 atom stereocenters. The van der Waals surface area contributed by atoms with Crippen LogP contribution in [-0.4, -0.2) is 54.4 Å². The Bertz CT molecular complexity index is 327. The molecule has 0 amide bonds. The first-order valence-electron chi connectivity index (χ1n) is 6.17. The van der Waals surface area contributed by atoms with E-state index < -0.39 is 15.8 Å².